The quantitative estimate of drug-likeness (QED) is 0.835. The molecule has 27 heavy (non-hydrogen) atoms. The van der Waals surface area contributed by atoms with Gasteiger partial charge in [-0.3, -0.25) is 9.10 Å². The number of rotatable bonds is 5. The number of hydrogen-bond donors (Lipinski definition) is 1. The van der Waals surface area contributed by atoms with Crippen LogP contribution < -0.4 is 23.8 Å². The van der Waals surface area contributed by atoms with Gasteiger partial charge >= 0.3 is 0 Å². The van der Waals surface area contributed by atoms with Gasteiger partial charge in [-0.25, -0.2) is 8.42 Å². The molecule has 0 unspecified atom stereocenters. The maximum atomic E-state index is 12.7. The summed E-state index contributed by atoms with van der Waals surface area (Å²) in [6.07, 6.45) is 0.0813. The summed E-state index contributed by atoms with van der Waals surface area (Å²) in [5.74, 6) is 0.840. The minimum atomic E-state index is -3.57. The Morgan fingerprint density at radius 1 is 1.19 bits per heavy atom. The van der Waals surface area contributed by atoms with E-state index in [0.717, 1.165) is 6.26 Å². The average molecular weight is 392 g/mol. The van der Waals surface area contributed by atoms with Crippen LogP contribution in [0.4, 0.5) is 11.4 Å². The molecule has 0 radical (unpaired) electrons. The van der Waals surface area contributed by atoms with Crippen LogP contribution in [0.1, 0.15) is 0 Å². The molecule has 0 saturated heterocycles. The van der Waals surface area contributed by atoms with Crippen molar-refractivity contribution in [1.82, 2.24) is 0 Å². The number of fused-ring (bicyclic) bond motifs is 1. The standard InChI is InChI=1S/C18H20N2O6S/c1-24-12-8-9-13(16(10-12)25-2)19-18(21)17-11-20(27(3,22)23)14-6-4-5-7-15(14)26-17/h4-10,17H,11H2,1-3H3,(H,19,21)/t17-/m1/s1. The predicted molar refractivity (Wildman–Crippen MR) is 101 cm³/mol. The van der Waals surface area contributed by atoms with Gasteiger partial charge in [-0.1, -0.05) is 12.1 Å². The van der Waals surface area contributed by atoms with E-state index in [1.807, 2.05) is 0 Å². The Morgan fingerprint density at radius 2 is 1.93 bits per heavy atom. The summed E-state index contributed by atoms with van der Waals surface area (Å²) in [6, 6.07) is 11.6. The molecular weight excluding hydrogens is 372 g/mol. The fourth-order valence-electron chi connectivity index (χ4n) is 2.77. The maximum absolute atomic E-state index is 12.7. The summed E-state index contributed by atoms with van der Waals surface area (Å²) in [6.45, 7) is -0.125. The number of ether oxygens (including phenoxy) is 3. The first kappa shape index (κ1) is 18.8. The van der Waals surface area contributed by atoms with E-state index in [2.05, 4.69) is 5.32 Å². The van der Waals surface area contributed by atoms with Gasteiger partial charge in [0.1, 0.15) is 17.2 Å². The van der Waals surface area contributed by atoms with Crippen molar-refractivity contribution in [3.63, 3.8) is 0 Å². The molecule has 0 bridgehead atoms. The molecule has 1 aliphatic rings. The second-order valence-corrected chi connectivity index (χ2v) is 7.83. The SMILES string of the molecule is COc1ccc(NC(=O)[C@H]2CN(S(C)(=O)=O)c3ccccc3O2)c(OC)c1. The van der Waals surface area contributed by atoms with Crippen molar-refractivity contribution >= 4 is 27.3 Å². The summed E-state index contributed by atoms with van der Waals surface area (Å²) < 4.78 is 41.6. The third kappa shape index (κ3) is 3.92. The van der Waals surface area contributed by atoms with Crippen molar-refractivity contribution in [2.45, 2.75) is 6.10 Å². The van der Waals surface area contributed by atoms with Gasteiger partial charge < -0.3 is 19.5 Å². The van der Waals surface area contributed by atoms with Crippen molar-refractivity contribution < 1.29 is 27.4 Å². The maximum Gasteiger partial charge on any atom is 0.267 e. The number of sulfonamides is 1. The number of nitrogens with one attached hydrogen (secondary N) is 1. The smallest absolute Gasteiger partial charge is 0.267 e. The molecule has 1 aliphatic heterocycles. The zero-order chi connectivity index (χ0) is 19.6. The summed E-state index contributed by atoms with van der Waals surface area (Å²) in [5, 5.41) is 2.72. The van der Waals surface area contributed by atoms with Crippen LogP contribution in [0.2, 0.25) is 0 Å². The van der Waals surface area contributed by atoms with Gasteiger partial charge in [-0.05, 0) is 24.3 Å². The predicted octanol–water partition coefficient (Wildman–Crippen LogP) is 1.87. The molecule has 144 valence electrons. The van der Waals surface area contributed by atoms with E-state index in [1.165, 1.54) is 18.5 Å². The molecule has 1 N–H and O–H groups in total. The lowest BCUT2D eigenvalue weighted by Gasteiger charge is -2.33. The molecule has 1 amide bonds. The van der Waals surface area contributed by atoms with E-state index in [-0.39, 0.29) is 6.54 Å². The van der Waals surface area contributed by atoms with Gasteiger partial charge in [0.05, 0.1) is 38.4 Å². The minimum absolute atomic E-state index is 0.125. The zero-order valence-electron chi connectivity index (χ0n) is 15.1. The first-order valence-corrected chi connectivity index (χ1v) is 9.94. The summed E-state index contributed by atoms with van der Waals surface area (Å²) in [4.78, 5) is 12.7. The van der Waals surface area contributed by atoms with Gasteiger partial charge in [0, 0.05) is 6.07 Å². The highest BCUT2D eigenvalue weighted by Crippen LogP contribution is 2.35. The van der Waals surface area contributed by atoms with Gasteiger partial charge in [0.2, 0.25) is 10.0 Å². The number of amides is 1. The molecule has 0 aliphatic carbocycles. The van der Waals surface area contributed by atoms with Crippen LogP contribution in [0.25, 0.3) is 0 Å². The van der Waals surface area contributed by atoms with E-state index < -0.39 is 22.0 Å². The monoisotopic (exact) mass is 392 g/mol. The molecule has 0 spiro atoms. The molecule has 8 nitrogen and oxygen atoms in total. The lowest BCUT2D eigenvalue weighted by atomic mass is 10.2. The normalized spacial score (nSPS) is 16.1. The van der Waals surface area contributed by atoms with E-state index >= 15 is 0 Å². The highest BCUT2D eigenvalue weighted by molar-refractivity contribution is 7.92. The van der Waals surface area contributed by atoms with Crippen LogP contribution in [-0.2, 0) is 14.8 Å². The zero-order valence-corrected chi connectivity index (χ0v) is 15.9. The molecule has 1 atom stereocenters. The second kappa shape index (κ2) is 7.36. The van der Waals surface area contributed by atoms with Gasteiger partial charge in [-0.15, -0.1) is 0 Å². The van der Waals surface area contributed by atoms with E-state index in [4.69, 9.17) is 14.2 Å². The van der Waals surface area contributed by atoms with Crippen LogP contribution in [0.5, 0.6) is 17.2 Å². The molecule has 3 rings (SSSR count). The Labute approximate surface area is 157 Å². The Bertz CT molecular complexity index is 960. The number of para-hydroxylation sites is 2. The Morgan fingerprint density at radius 3 is 2.59 bits per heavy atom. The minimum Gasteiger partial charge on any atom is -0.497 e. The molecule has 0 fully saturated rings. The van der Waals surface area contributed by atoms with Crippen LogP contribution in [-0.4, -0.2) is 47.4 Å². The van der Waals surface area contributed by atoms with Crippen molar-refractivity contribution in [1.29, 1.82) is 0 Å². The number of benzene rings is 2. The van der Waals surface area contributed by atoms with E-state index in [0.29, 0.717) is 28.6 Å². The van der Waals surface area contributed by atoms with Crippen LogP contribution in [0.15, 0.2) is 42.5 Å². The van der Waals surface area contributed by atoms with E-state index in [9.17, 15) is 13.2 Å². The second-order valence-electron chi connectivity index (χ2n) is 5.92. The lowest BCUT2D eigenvalue weighted by Crippen LogP contribution is -2.48. The summed E-state index contributed by atoms with van der Waals surface area (Å²) in [5.41, 5.74) is 0.836. The van der Waals surface area contributed by atoms with Crippen LogP contribution in [0.3, 0.4) is 0 Å². The highest BCUT2D eigenvalue weighted by atomic mass is 32.2. The number of anilines is 2. The van der Waals surface area contributed by atoms with Crippen molar-refractivity contribution in [3.8, 4) is 17.2 Å². The van der Waals surface area contributed by atoms with E-state index in [1.54, 1.807) is 42.5 Å². The van der Waals surface area contributed by atoms with Crippen molar-refractivity contribution in [3.05, 3.63) is 42.5 Å². The molecule has 0 saturated carbocycles. The number of hydrogen-bond acceptors (Lipinski definition) is 6. The number of methoxy groups -OCH3 is 2. The Balaban J connectivity index is 1.86. The fourth-order valence-corrected chi connectivity index (χ4v) is 3.68. The Kier molecular flexibility index (Phi) is 5.13. The molecule has 2 aromatic carbocycles. The third-order valence-electron chi connectivity index (χ3n) is 4.09. The third-order valence-corrected chi connectivity index (χ3v) is 5.24. The summed E-state index contributed by atoms with van der Waals surface area (Å²) >= 11 is 0. The fraction of sp³-hybridized carbons (Fsp3) is 0.278. The first-order valence-electron chi connectivity index (χ1n) is 8.09. The molecule has 0 aromatic heterocycles. The topological polar surface area (TPSA) is 94.2 Å². The molecule has 2 aromatic rings. The first-order chi connectivity index (χ1) is 12.8. The lowest BCUT2D eigenvalue weighted by molar-refractivity contribution is -0.122. The van der Waals surface area contributed by atoms with Gasteiger partial charge in [0.15, 0.2) is 6.10 Å². The van der Waals surface area contributed by atoms with Crippen LogP contribution in [0, 0.1) is 0 Å². The Hall–Kier alpha value is -2.94. The number of nitrogens with zero attached hydrogens (tertiary/aromatic N) is 1. The molecule has 9 heteroatoms. The van der Waals surface area contributed by atoms with Crippen LogP contribution >= 0.6 is 0 Å². The largest absolute Gasteiger partial charge is 0.497 e. The summed E-state index contributed by atoms with van der Waals surface area (Å²) in [7, 11) is -0.565. The highest BCUT2D eigenvalue weighted by Gasteiger charge is 2.35. The molecule has 1 heterocycles. The van der Waals surface area contributed by atoms with Gasteiger partial charge in [-0.2, -0.15) is 0 Å². The van der Waals surface area contributed by atoms with Crippen molar-refractivity contribution in [2.24, 2.45) is 0 Å². The molecular formula is C18H20N2O6S. The van der Waals surface area contributed by atoms with Gasteiger partial charge in [0.25, 0.3) is 5.91 Å². The number of carbonyl (C=O) groups is 1. The number of carbonyl (C=O) groups excluding carboxylic acids is 1. The average Bonchev–Trinajstić information content (AvgIpc) is 2.66. The van der Waals surface area contributed by atoms with Crippen molar-refractivity contribution in [2.75, 3.05) is 36.6 Å².